The molecule has 1 amide bonds. The van der Waals surface area contributed by atoms with Gasteiger partial charge < -0.3 is 21.0 Å². The molecular formula is C13H13N5O3. The fourth-order valence-corrected chi connectivity index (χ4v) is 1.45. The van der Waals surface area contributed by atoms with Crippen LogP contribution in [0.5, 0.6) is 5.75 Å². The van der Waals surface area contributed by atoms with Crippen LogP contribution < -0.4 is 15.8 Å². The van der Waals surface area contributed by atoms with Crippen molar-refractivity contribution in [1.82, 2.24) is 10.2 Å². The predicted octanol–water partition coefficient (Wildman–Crippen LogP) is 0.854. The first kappa shape index (κ1) is 14.3. The fraction of sp³-hybridized carbons (Fsp3) is 0.0769. The number of anilines is 1. The number of rotatable bonds is 5. The zero-order valence-electron chi connectivity index (χ0n) is 10.9. The molecule has 0 aliphatic heterocycles. The van der Waals surface area contributed by atoms with Gasteiger partial charge in [0.15, 0.2) is 5.84 Å². The highest BCUT2D eigenvalue weighted by Gasteiger charge is 2.06. The molecule has 8 heteroatoms. The smallest absolute Gasteiger partial charge is 0.257 e. The van der Waals surface area contributed by atoms with Crippen LogP contribution in [0.1, 0.15) is 10.4 Å². The van der Waals surface area contributed by atoms with Gasteiger partial charge >= 0.3 is 0 Å². The zero-order valence-corrected chi connectivity index (χ0v) is 10.9. The molecule has 0 atom stereocenters. The van der Waals surface area contributed by atoms with Gasteiger partial charge in [-0.05, 0) is 30.3 Å². The maximum Gasteiger partial charge on any atom is 0.257 e. The molecule has 1 aromatic heterocycles. The number of hydrogen-bond donors (Lipinski definition) is 3. The topological polar surface area (TPSA) is 123 Å². The Morgan fingerprint density at radius 3 is 2.67 bits per heavy atom. The second-order valence-electron chi connectivity index (χ2n) is 3.99. The standard InChI is InChI=1S/C13H13N5O3/c14-12(18-20)8-21-11-3-1-10(2-4-11)17-13(19)9-5-6-15-16-7-9/h1-7,20H,8H2,(H2,14,18)(H,17,19). The summed E-state index contributed by atoms with van der Waals surface area (Å²) < 4.78 is 5.26. The third-order valence-corrected chi connectivity index (χ3v) is 2.47. The second-order valence-corrected chi connectivity index (χ2v) is 3.99. The van der Waals surface area contributed by atoms with Crippen LogP contribution in [0.25, 0.3) is 0 Å². The van der Waals surface area contributed by atoms with Gasteiger partial charge in [-0.1, -0.05) is 5.16 Å². The molecule has 1 heterocycles. The van der Waals surface area contributed by atoms with Crippen molar-refractivity contribution in [3.63, 3.8) is 0 Å². The van der Waals surface area contributed by atoms with Gasteiger partial charge in [-0.3, -0.25) is 4.79 Å². The third kappa shape index (κ3) is 4.16. The van der Waals surface area contributed by atoms with Gasteiger partial charge in [0.25, 0.3) is 5.91 Å². The molecule has 4 N–H and O–H groups in total. The first-order chi connectivity index (χ1) is 10.2. The number of hydrogen-bond acceptors (Lipinski definition) is 6. The van der Waals surface area contributed by atoms with Gasteiger partial charge in [-0.15, -0.1) is 0 Å². The number of carbonyl (C=O) groups is 1. The molecule has 0 saturated heterocycles. The van der Waals surface area contributed by atoms with Crippen molar-refractivity contribution in [2.45, 2.75) is 0 Å². The van der Waals surface area contributed by atoms with Crippen LogP contribution in [0.4, 0.5) is 5.69 Å². The normalized spacial score (nSPS) is 11.0. The van der Waals surface area contributed by atoms with Crippen LogP contribution in [0.15, 0.2) is 47.9 Å². The Kier molecular flexibility index (Phi) is 4.65. The number of nitrogens with zero attached hydrogens (tertiary/aromatic N) is 3. The van der Waals surface area contributed by atoms with Gasteiger partial charge in [0.2, 0.25) is 0 Å². The van der Waals surface area contributed by atoms with Crippen LogP contribution in [-0.4, -0.2) is 33.8 Å². The summed E-state index contributed by atoms with van der Waals surface area (Å²) in [5.74, 6) is 0.220. The molecule has 21 heavy (non-hydrogen) atoms. The minimum absolute atomic E-state index is 0.0229. The van der Waals surface area contributed by atoms with E-state index in [0.717, 1.165) is 0 Å². The first-order valence-corrected chi connectivity index (χ1v) is 5.96. The summed E-state index contributed by atoms with van der Waals surface area (Å²) in [5.41, 5.74) is 6.31. The average molecular weight is 287 g/mol. The molecule has 8 nitrogen and oxygen atoms in total. The van der Waals surface area contributed by atoms with Crippen LogP contribution >= 0.6 is 0 Å². The Morgan fingerprint density at radius 1 is 1.29 bits per heavy atom. The largest absolute Gasteiger partial charge is 0.486 e. The molecule has 0 spiro atoms. The van der Waals surface area contributed by atoms with Gasteiger partial charge in [0.05, 0.1) is 18.0 Å². The Hall–Kier alpha value is -3.16. The van der Waals surface area contributed by atoms with Crippen molar-refractivity contribution in [1.29, 1.82) is 0 Å². The summed E-state index contributed by atoms with van der Waals surface area (Å²) in [6.07, 6.45) is 2.82. The predicted molar refractivity (Wildman–Crippen MR) is 75.3 cm³/mol. The average Bonchev–Trinajstić information content (AvgIpc) is 2.54. The summed E-state index contributed by atoms with van der Waals surface area (Å²) >= 11 is 0. The molecule has 0 saturated carbocycles. The molecular weight excluding hydrogens is 274 g/mol. The van der Waals surface area contributed by atoms with E-state index < -0.39 is 0 Å². The van der Waals surface area contributed by atoms with Gasteiger partial charge in [0, 0.05) is 5.69 Å². The third-order valence-electron chi connectivity index (χ3n) is 2.47. The number of aromatic nitrogens is 2. The van der Waals surface area contributed by atoms with Crippen molar-refractivity contribution in [3.05, 3.63) is 48.3 Å². The number of amides is 1. The molecule has 0 aliphatic carbocycles. The summed E-state index contributed by atoms with van der Waals surface area (Å²) in [6.45, 7) is -0.0229. The van der Waals surface area contributed by atoms with E-state index in [1.165, 1.54) is 12.4 Å². The maximum absolute atomic E-state index is 11.9. The number of benzene rings is 1. The number of ether oxygens (including phenoxy) is 1. The van der Waals surface area contributed by atoms with E-state index in [1.807, 2.05) is 0 Å². The van der Waals surface area contributed by atoms with Crippen LogP contribution in [-0.2, 0) is 0 Å². The highest BCUT2D eigenvalue weighted by Crippen LogP contribution is 2.16. The van der Waals surface area contributed by atoms with Crippen LogP contribution in [0.2, 0.25) is 0 Å². The van der Waals surface area contributed by atoms with Crippen molar-refractivity contribution in [2.75, 3.05) is 11.9 Å². The second kappa shape index (κ2) is 6.85. The van der Waals surface area contributed by atoms with E-state index in [9.17, 15) is 4.79 Å². The monoisotopic (exact) mass is 287 g/mol. The van der Waals surface area contributed by atoms with E-state index in [0.29, 0.717) is 17.0 Å². The Morgan fingerprint density at radius 2 is 2.05 bits per heavy atom. The Labute approximate surface area is 120 Å². The summed E-state index contributed by atoms with van der Waals surface area (Å²) in [4.78, 5) is 11.9. The fourth-order valence-electron chi connectivity index (χ4n) is 1.45. The summed E-state index contributed by atoms with van der Waals surface area (Å²) in [6, 6.07) is 8.23. The molecule has 2 aromatic rings. The van der Waals surface area contributed by atoms with Crippen LogP contribution in [0, 0.1) is 0 Å². The Bertz CT molecular complexity index is 628. The van der Waals surface area contributed by atoms with Gasteiger partial charge in [0.1, 0.15) is 12.4 Å². The first-order valence-electron chi connectivity index (χ1n) is 5.96. The minimum atomic E-state index is -0.282. The number of carbonyl (C=O) groups excluding carboxylic acids is 1. The van der Waals surface area contributed by atoms with Gasteiger partial charge in [-0.25, -0.2) is 0 Å². The van der Waals surface area contributed by atoms with Crippen molar-refractivity contribution >= 4 is 17.4 Å². The SMILES string of the molecule is N/C(COc1ccc(NC(=O)c2ccnnc2)cc1)=N/O. The molecule has 0 fully saturated rings. The molecule has 0 bridgehead atoms. The van der Waals surface area contributed by atoms with E-state index >= 15 is 0 Å². The van der Waals surface area contributed by atoms with E-state index in [-0.39, 0.29) is 18.3 Å². The molecule has 2 rings (SSSR count). The number of oxime groups is 1. The summed E-state index contributed by atoms with van der Waals surface area (Å²) in [7, 11) is 0. The van der Waals surface area contributed by atoms with Crippen molar-refractivity contribution in [2.24, 2.45) is 10.9 Å². The van der Waals surface area contributed by atoms with Crippen molar-refractivity contribution in [3.8, 4) is 5.75 Å². The highest BCUT2D eigenvalue weighted by molar-refractivity contribution is 6.03. The van der Waals surface area contributed by atoms with Crippen molar-refractivity contribution < 1.29 is 14.7 Å². The number of nitrogens with two attached hydrogens (primary N) is 1. The van der Waals surface area contributed by atoms with Gasteiger partial charge in [-0.2, -0.15) is 10.2 Å². The van der Waals surface area contributed by atoms with E-state index in [4.69, 9.17) is 15.7 Å². The van der Waals surface area contributed by atoms with E-state index in [2.05, 4.69) is 20.7 Å². The number of nitrogens with one attached hydrogen (secondary N) is 1. The molecule has 0 radical (unpaired) electrons. The quantitative estimate of drug-likeness (QED) is 0.324. The van der Waals surface area contributed by atoms with E-state index in [1.54, 1.807) is 30.3 Å². The molecule has 108 valence electrons. The Balaban J connectivity index is 1.95. The summed E-state index contributed by atoms with van der Waals surface area (Å²) in [5, 5.41) is 21.1. The molecule has 0 aliphatic rings. The highest BCUT2D eigenvalue weighted by atomic mass is 16.5. The lowest BCUT2D eigenvalue weighted by molar-refractivity contribution is 0.102. The number of amidine groups is 1. The lowest BCUT2D eigenvalue weighted by Crippen LogP contribution is -2.20. The lowest BCUT2D eigenvalue weighted by atomic mass is 10.2. The zero-order chi connectivity index (χ0) is 15.1. The molecule has 1 aromatic carbocycles. The minimum Gasteiger partial charge on any atom is -0.486 e. The maximum atomic E-state index is 11.9. The molecule has 0 unspecified atom stereocenters. The van der Waals surface area contributed by atoms with Crippen LogP contribution in [0.3, 0.4) is 0 Å². The lowest BCUT2D eigenvalue weighted by Gasteiger charge is -2.07.